The highest BCUT2D eigenvalue weighted by Gasteiger charge is 2.26. The van der Waals surface area contributed by atoms with Gasteiger partial charge in [-0.3, -0.25) is 0 Å². The third-order valence-corrected chi connectivity index (χ3v) is 4.30. The van der Waals surface area contributed by atoms with Crippen LogP contribution in [0.3, 0.4) is 0 Å². The van der Waals surface area contributed by atoms with Gasteiger partial charge in [-0.1, -0.05) is 30.3 Å². The van der Waals surface area contributed by atoms with Crippen molar-refractivity contribution < 1.29 is 0 Å². The first-order valence-electron chi connectivity index (χ1n) is 7.68. The maximum Gasteiger partial charge on any atom is 0.0448 e. The Morgan fingerprint density at radius 2 is 1.80 bits per heavy atom. The number of nitrogens with zero attached hydrogens (tertiary/aromatic N) is 1. The van der Waals surface area contributed by atoms with Gasteiger partial charge in [0.05, 0.1) is 0 Å². The zero-order valence-corrected chi connectivity index (χ0v) is 12.5. The first kappa shape index (κ1) is 13.4. The van der Waals surface area contributed by atoms with Gasteiger partial charge in [0, 0.05) is 30.2 Å². The molecule has 2 N–H and O–H groups in total. The predicted octanol–water partition coefficient (Wildman–Crippen LogP) is 3.92. The summed E-state index contributed by atoms with van der Waals surface area (Å²) in [5, 5.41) is 2.64. The normalized spacial score (nSPS) is 15.0. The SMILES string of the molecule is CC(C)N(CC1CC1)c1ccc(CN)c2ccccc12. The largest absolute Gasteiger partial charge is 0.368 e. The van der Waals surface area contributed by atoms with Crippen LogP contribution in [0, 0.1) is 5.92 Å². The second-order valence-corrected chi connectivity index (χ2v) is 6.18. The first-order chi connectivity index (χ1) is 9.70. The minimum absolute atomic E-state index is 0.530. The Morgan fingerprint density at radius 3 is 2.40 bits per heavy atom. The number of benzene rings is 2. The van der Waals surface area contributed by atoms with Crippen LogP contribution >= 0.6 is 0 Å². The molecule has 2 heteroatoms. The fourth-order valence-corrected chi connectivity index (χ4v) is 2.94. The van der Waals surface area contributed by atoms with Crippen LogP contribution in [0.1, 0.15) is 32.3 Å². The van der Waals surface area contributed by atoms with Crippen molar-refractivity contribution in [2.75, 3.05) is 11.4 Å². The van der Waals surface area contributed by atoms with E-state index in [1.807, 2.05) is 0 Å². The molecule has 0 aromatic heterocycles. The highest BCUT2D eigenvalue weighted by Crippen LogP contribution is 2.35. The molecule has 1 fully saturated rings. The minimum atomic E-state index is 0.530. The summed E-state index contributed by atoms with van der Waals surface area (Å²) in [6, 6.07) is 13.6. The zero-order valence-electron chi connectivity index (χ0n) is 12.5. The van der Waals surface area contributed by atoms with Gasteiger partial charge >= 0.3 is 0 Å². The van der Waals surface area contributed by atoms with E-state index in [1.165, 1.54) is 41.4 Å². The Hall–Kier alpha value is -1.54. The van der Waals surface area contributed by atoms with Gasteiger partial charge in [-0.05, 0) is 49.6 Å². The molecule has 0 saturated heterocycles. The van der Waals surface area contributed by atoms with Gasteiger partial charge in [-0.2, -0.15) is 0 Å². The van der Waals surface area contributed by atoms with E-state index in [0.29, 0.717) is 12.6 Å². The topological polar surface area (TPSA) is 29.3 Å². The van der Waals surface area contributed by atoms with E-state index in [9.17, 15) is 0 Å². The lowest BCUT2D eigenvalue weighted by Gasteiger charge is -2.30. The molecule has 0 bridgehead atoms. The summed E-state index contributed by atoms with van der Waals surface area (Å²) in [5.41, 5.74) is 8.48. The van der Waals surface area contributed by atoms with E-state index >= 15 is 0 Å². The molecule has 3 rings (SSSR count). The van der Waals surface area contributed by atoms with E-state index in [2.05, 4.69) is 55.1 Å². The Morgan fingerprint density at radius 1 is 1.10 bits per heavy atom. The molecule has 2 aromatic carbocycles. The molecule has 0 radical (unpaired) electrons. The average molecular weight is 268 g/mol. The Labute approximate surface area is 121 Å². The Balaban J connectivity index is 2.09. The van der Waals surface area contributed by atoms with Crippen molar-refractivity contribution in [3.63, 3.8) is 0 Å². The monoisotopic (exact) mass is 268 g/mol. The molecule has 1 saturated carbocycles. The fraction of sp³-hybridized carbons (Fsp3) is 0.444. The van der Waals surface area contributed by atoms with Crippen molar-refractivity contribution in [2.45, 2.75) is 39.3 Å². The standard InChI is InChI=1S/C18H24N2/c1-13(2)20(12-14-7-8-14)18-10-9-15(11-19)16-5-3-4-6-17(16)18/h3-6,9-10,13-14H,7-8,11-12,19H2,1-2H3. The molecule has 20 heavy (non-hydrogen) atoms. The third-order valence-electron chi connectivity index (χ3n) is 4.30. The van der Waals surface area contributed by atoms with Gasteiger partial charge in [0.25, 0.3) is 0 Å². The third kappa shape index (κ3) is 2.53. The molecular weight excluding hydrogens is 244 g/mol. The highest BCUT2D eigenvalue weighted by molar-refractivity contribution is 5.96. The lowest BCUT2D eigenvalue weighted by atomic mass is 10.0. The highest BCUT2D eigenvalue weighted by atomic mass is 15.2. The van der Waals surface area contributed by atoms with Crippen molar-refractivity contribution in [1.82, 2.24) is 0 Å². The van der Waals surface area contributed by atoms with Crippen LogP contribution in [0.2, 0.25) is 0 Å². The van der Waals surface area contributed by atoms with Crippen LogP contribution in [0.4, 0.5) is 5.69 Å². The van der Waals surface area contributed by atoms with Crippen LogP contribution in [-0.2, 0) is 6.54 Å². The van der Waals surface area contributed by atoms with E-state index in [-0.39, 0.29) is 0 Å². The lowest BCUT2D eigenvalue weighted by molar-refractivity contribution is 0.646. The Bertz CT molecular complexity index is 599. The van der Waals surface area contributed by atoms with Crippen LogP contribution in [0.25, 0.3) is 10.8 Å². The number of nitrogens with two attached hydrogens (primary N) is 1. The van der Waals surface area contributed by atoms with Crippen LogP contribution in [0.5, 0.6) is 0 Å². The quantitative estimate of drug-likeness (QED) is 0.890. The molecule has 1 aliphatic rings. The molecule has 0 heterocycles. The summed E-state index contributed by atoms with van der Waals surface area (Å²) in [6.45, 7) is 6.36. The van der Waals surface area contributed by atoms with Crippen molar-refractivity contribution in [3.8, 4) is 0 Å². The van der Waals surface area contributed by atoms with E-state index in [0.717, 1.165) is 5.92 Å². The van der Waals surface area contributed by atoms with Crippen LogP contribution < -0.4 is 10.6 Å². The van der Waals surface area contributed by atoms with E-state index < -0.39 is 0 Å². The average Bonchev–Trinajstić information content (AvgIpc) is 3.27. The Kier molecular flexibility index (Phi) is 3.66. The second kappa shape index (κ2) is 5.45. The molecule has 0 spiro atoms. The predicted molar refractivity (Wildman–Crippen MR) is 87.0 cm³/mol. The summed E-state index contributed by atoms with van der Waals surface area (Å²) >= 11 is 0. The van der Waals surface area contributed by atoms with Gasteiger partial charge in [0.2, 0.25) is 0 Å². The van der Waals surface area contributed by atoms with Gasteiger partial charge in [-0.25, -0.2) is 0 Å². The molecule has 1 aliphatic carbocycles. The smallest absolute Gasteiger partial charge is 0.0448 e. The van der Waals surface area contributed by atoms with Crippen molar-refractivity contribution in [2.24, 2.45) is 11.7 Å². The van der Waals surface area contributed by atoms with Gasteiger partial charge in [-0.15, -0.1) is 0 Å². The molecule has 2 nitrogen and oxygen atoms in total. The maximum absolute atomic E-state index is 5.88. The number of hydrogen-bond acceptors (Lipinski definition) is 2. The van der Waals surface area contributed by atoms with E-state index in [4.69, 9.17) is 5.73 Å². The molecule has 106 valence electrons. The first-order valence-corrected chi connectivity index (χ1v) is 7.68. The van der Waals surface area contributed by atoms with E-state index in [1.54, 1.807) is 0 Å². The molecule has 2 aromatic rings. The van der Waals surface area contributed by atoms with Crippen molar-refractivity contribution in [3.05, 3.63) is 42.0 Å². The van der Waals surface area contributed by atoms with Gasteiger partial charge in [0.15, 0.2) is 0 Å². The molecule has 0 unspecified atom stereocenters. The lowest BCUT2D eigenvalue weighted by Crippen LogP contribution is -2.32. The summed E-state index contributed by atoms with van der Waals surface area (Å²) < 4.78 is 0. The van der Waals surface area contributed by atoms with Gasteiger partial charge < -0.3 is 10.6 Å². The zero-order chi connectivity index (χ0) is 14.1. The molecule has 0 aliphatic heterocycles. The molecule has 0 amide bonds. The number of rotatable bonds is 5. The minimum Gasteiger partial charge on any atom is -0.368 e. The molecular formula is C18H24N2. The van der Waals surface area contributed by atoms with Crippen LogP contribution in [-0.4, -0.2) is 12.6 Å². The number of fused-ring (bicyclic) bond motifs is 1. The fourth-order valence-electron chi connectivity index (χ4n) is 2.94. The van der Waals surface area contributed by atoms with Crippen molar-refractivity contribution >= 4 is 16.5 Å². The summed E-state index contributed by atoms with van der Waals surface area (Å²) in [4.78, 5) is 2.56. The number of anilines is 1. The second-order valence-electron chi connectivity index (χ2n) is 6.18. The van der Waals surface area contributed by atoms with Crippen molar-refractivity contribution in [1.29, 1.82) is 0 Å². The number of hydrogen-bond donors (Lipinski definition) is 1. The molecule has 0 atom stereocenters. The van der Waals surface area contributed by atoms with Crippen LogP contribution in [0.15, 0.2) is 36.4 Å². The summed E-state index contributed by atoms with van der Waals surface area (Å²) in [7, 11) is 0. The maximum atomic E-state index is 5.88. The summed E-state index contributed by atoms with van der Waals surface area (Å²) in [5.74, 6) is 0.894. The summed E-state index contributed by atoms with van der Waals surface area (Å²) in [6.07, 6.45) is 2.78. The van der Waals surface area contributed by atoms with Gasteiger partial charge in [0.1, 0.15) is 0 Å².